The number of fused-ring (bicyclic) bond motifs is 1. The highest BCUT2D eigenvalue weighted by Gasteiger charge is 2.13. The van der Waals surface area contributed by atoms with Crippen molar-refractivity contribution in [3.05, 3.63) is 161 Å². The number of unbranched alkanes of at least 4 members (excludes halogenated alkanes) is 1. The normalized spacial score (nSPS) is 11.8. The van der Waals surface area contributed by atoms with Crippen LogP contribution in [0.15, 0.2) is 144 Å². The Morgan fingerprint density at radius 1 is 0.737 bits per heavy atom. The molecule has 0 amide bonds. The van der Waals surface area contributed by atoms with Crippen molar-refractivity contribution < 1.29 is 27.4 Å². The van der Waals surface area contributed by atoms with E-state index in [1.807, 2.05) is 47.8 Å². The van der Waals surface area contributed by atoms with Crippen LogP contribution in [-0.2, 0) is 9.53 Å². The van der Waals surface area contributed by atoms with Gasteiger partial charge in [-0.2, -0.15) is 5.10 Å². The van der Waals surface area contributed by atoms with Gasteiger partial charge in [-0.25, -0.2) is 18.2 Å². The Morgan fingerprint density at radius 2 is 1.37 bits per heavy atom. The van der Waals surface area contributed by atoms with Gasteiger partial charge in [-0.05, 0) is 88.3 Å². The molecule has 286 valence electrons. The second kappa shape index (κ2) is 18.4. The molecule has 0 saturated carbocycles. The maximum atomic E-state index is 15.3. The van der Waals surface area contributed by atoms with E-state index in [0.717, 1.165) is 44.3 Å². The molecule has 0 unspecified atom stereocenters. The highest BCUT2D eigenvalue weighted by Crippen LogP contribution is 2.33. The number of benzene rings is 6. The molecule has 7 rings (SSSR count). The predicted molar refractivity (Wildman–Crippen MR) is 225 cm³/mol. The van der Waals surface area contributed by atoms with Crippen molar-refractivity contribution in [2.24, 2.45) is 5.10 Å². The lowest BCUT2D eigenvalue weighted by molar-refractivity contribution is -0.143. The fourth-order valence-electron chi connectivity index (χ4n) is 6.15. The Balaban J connectivity index is 0.967. The van der Waals surface area contributed by atoms with Gasteiger partial charge in [0.2, 0.25) is 5.13 Å². The average molecular weight is 782 g/mol. The third kappa shape index (κ3) is 9.84. The van der Waals surface area contributed by atoms with Crippen molar-refractivity contribution in [3.8, 4) is 39.3 Å². The van der Waals surface area contributed by atoms with E-state index in [4.69, 9.17) is 9.47 Å². The SMILES string of the molecule is CCC(=O)OCCCCOc1ccc(/C(F)=C(\F)c2ccc(-c3ccc(-c4ccc(F)cc4/C=N/Nc4nc(-c5ccc6ccccc6c5)cs4)cc3)cc2)cc1. The van der Waals surface area contributed by atoms with E-state index in [-0.39, 0.29) is 22.9 Å². The number of carbonyl (C=O) groups is 1. The van der Waals surface area contributed by atoms with E-state index in [1.54, 1.807) is 55.6 Å². The van der Waals surface area contributed by atoms with Gasteiger partial charge in [0.1, 0.15) is 11.6 Å². The molecule has 0 aliphatic carbocycles. The molecule has 1 aromatic heterocycles. The summed E-state index contributed by atoms with van der Waals surface area (Å²) in [5.41, 5.74) is 8.96. The smallest absolute Gasteiger partial charge is 0.305 e. The Hall–Kier alpha value is -6.52. The largest absolute Gasteiger partial charge is 0.494 e. The predicted octanol–water partition coefficient (Wildman–Crippen LogP) is 12.8. The molecule has 0 spiro atoms. The molecular formula is C47H38F3N3O3S. The zero-order chi connectivity index (χ0) is 39.6. The van der Waals surface area contributed by atoms with Gasteiger partial charge in [0.15, 0.2) is 11.7 Å². The van der Waals surface area contributed by atoms with Gasteiger partial charge in [0.05, 0.1) is 25.1 Å². The van der Waals surface area contributed by atoms with Crippen LogP contribution in [0.25, 0.3) is 55.9 Å². The Labute approximate surface area is 333 Å². The van der Waals surface area contributed by atoms with Gasteiger partial charge >= 0.3 is 5.97 Å². The second-order valence-electron chi connectivity index (χ2n) is 13.1. The van der Waals surface area contributed by atoms with Crippen molar-refractivity contribution >= 4 is 51.1 Å². The van der Waals surface area contributed by atoms with E-state index in [9.17, 15) is 9.18 Å². The molecule has 0 aliphatic rings. The van der Waals surface area contributed by atoms with Crippen LogP contribution in [0.5, 0.6) is 5.75 Å². The molecular weight excluding hydrogens is 744 g/mol. The van der Waals surface area contributed by atoms with E-state index >= 15 is 8.78 Å². The van der Waals surface area contributed by atoms with Crippen molar-refractivity contribution in [3.63, 3.8) is 0 Å². The van der Waals surface area contributed by atoms with Crippen molar-refractivity contribution in [1.29, 1.82) is 0 Å². The van der Waals surface area contributed by atoms with Gasteiger partial charge in [0, 0.05) is 34.1 Å². The molecule has 1 heterocycles. The fraction of sp³-hybridized carbons (Fsp3) is 0.128. The summed E-state index contributed by atoms with van der Waals surface area (Å²) in [6, 6.07) is 39.4. The summed E-state index contributed by atoms with van der Waals surface area (Å²) in [6.45, 7) is 2.50. The molecule has 0 bridgehead atoms. The number of hydrazone groups is 1. The highest BCUT2D eigenvalue weighted by atomic mass is 32.1. The first-order valence-electron chi connectivity index (χ1n) is 18.5. The Kier molecular flexibility index (Phi) is 12.5. The maximum Gasteiger partial charge on any atom is 0.305 e. The van der Waals surface area contributed by atoms with E-state index < -0.39 is 11.7 Å². The minimum atomic E-state index is -0.970. The number of nitrogens with one attached hydrogen (secondary N) is 1. The number of halogens is 3. The van der Waals surface area contributed by atoms with Crippen molar-refractivity contribution in [2.45, 2.75) is 26.2 Å². The summed E-state index contributed by atoms with van der Waals surface area (Å²) < 4.78 is 55.5. The summed E-state index contributed by atoms with van der Waals surface area (Å²) >= 11 is 1.43. The van der Waals surface area contributed by atoms with Crippen LogP contribution in [0.3, 0.4) is 0 Å². The lowest BCUT2D eigenvalue weighted by Crippen LogP contribution is -2.05. The number of ether oxygens (including phenoxy) is 2. The molecule has 10 heteroatoms. The maximum absolute atomic E-state index is 15.3. The van der Waals surface area contributed by atoms with E-state index in [2.05, 4.69) is 39.8 Å². The summed E-state index contributed by atoms with van der Waals surface area (Å²) in [4.78, 5) is 15.9. The van der Waals surface area contributed by atoms with Gasteiger partial charge in [-0.1, -0.05) is 97.9 Å². The van der Waals surface area contributed by atoms with Gasteiger partial charge < -0.3 is 9.47 Å². The average Bonchev–Trinajstić information content (AvgIpc) is 3.73. The van der Waals surface area contributed by atoms with Crippen LogP contribution in [0.4, 0.5) is 18.3 Å². The number of hydrogen-bond donors (Lipinski definition) is 1. The minimum Gasteiger partial charge on any atom is -0.494 e. The van der Waals surface area contributed by atoms with Crippen molar-refractivity contribution in [1.82, 2.24) is 4.98 Å². The number of thiazole rings is 1. The summed E-state index contributed by atoms with van der Waals surface area (Å²) in [7, 11) is 0. The molecule has 1 N–H and O–H groups in total. The van der Waals surface area contributed by atoms with Crippen molar-refractivity contribution in [2.75, 3.05) is 18.6 Å². The second-order valence-corrected chi connectivity index (χ2v) is 14.0. The number of hydrogen-bond acceptors (Lipinski definition) is 7. The first-order chi connectivity index (χ1) is 27.8. The number of carbonyl (C=O) groups excluding carboxylic acids is 1. The van der Waals surface area contributed by atoms with Gasteiger partial charge in [-0.3, -0.25) is 10.2 Å². The zero-order valence-electron chi connectivity index (χ0n) is 31.1. The number of aromatic nitrogens is 1. The van der Waals surface area contributed by atoms with Crippen LogP contribution >= 0.6 is 11.3 Å². The topological polar surface area (TPSA) is 72.8 Å². The summed E-state index contributed by atoms with van der Waals surface area (Å²) in [5, 5.41) is 9.25. The first-order valence-corrected chi connectivity index (χ1v) is 19.4. The molecule has 6 aromatic carbocycles. The highest BCUT2D eigenvalue weighted by molar-refractivity contribution is 7.14. The summed E-state index contributed by atoms with van der Waals surface area (Å²) in [6.07, 6.45) is 3.28. The Bertz CT molecular complexity index is 2530. The number of nitrogens with zero attached hydrogens (tertiary/aromatic N) is 2. The first kappa shape index (κ1) is 38.7. The number of rotatable bonds is 15. The van der Waals surface area contributed by atoms with E-state index in [1.165, 1.54) is 35.6 Å². The molecule has 7 aromatic rings. The fourth-order valence-corrected chi connectivity index (χ4v) is 6.82. The molecule has 0 aliphatic heterocycles. The van der Waals surface area contributed by atoms with Gasteiger partial charge in [0.25, 0.3) is 0 Å². The lowest BCUT2D eigenvalue weighted by atomic mass is 9.96. The summed E-state index contributed by atoms with van der Waals surface area (Å²) in [5.74, 6) is -2.02. The standard InChI is InChI=1S/C47H38F3N3O3S/c1-2-44(54)56-26-6-5-25-55-41-22-19-36(20-23-41)46(50)45(49)35-16-11-33(12-17-35)32-9-14-34(15-10-32)42-24-21-40(48)28-39(42)29-51-53-47-52-43(30-57-47)38-18-13-31-7-3-4-8-37(31)27-38/h3-4,7-24,27-30H,2,5-6,25-26H2,1H3,(H,52,53)/b46-45+,51-29+. The van der Waals surface area contributed by atoms with Gasteiger partial charge in [-0.15, -0.1) is 11.3 Å². The quantitative estimate of drug-likeness (QED) is 0.0369. The van der Waals surface area contributed by atoms with Crippen LogP contribution < -0.4 is 10.2 Å². The third-order valence-electron chi connectivity index (χ3n) is 9.25. The zero-order valence-corrected chi connectivity index (χ0v) is 31.9. The molecule has 57 heavy (non-hydrogen) atoms. The number of anilines is 1. The number of esters is 1. The molecule has 0 radical (unpaired) electrons. The molecule has 0 atom stereocenters. The van der Waals surface area contributed by atoms with Crippen LogP contribution in [0.2, 0.25) is 0 Å². The van der Waals surface area contributed by atoms with E-state index in [0.29, 0.717) is 48.9 Å². The molecule has 6 nitrogen and oxygen atoms in total. The van der Waals surface area contributed by atoms with Crippen LogP contribution in [-0.4, -0.2) is 30.4 Å². The monoisotopic (exact) mass is 781 g/mol. The van der Waals surface area contributed by atoms with Crippen LogP contribution in [0.1, 0.15) is 42.9 Å². The molecule has 0 saturated heterocycles. The minimum absolute atomic E-state index is 0.0984. The molecule has 0 fully saturated rings. The lowest BCUT2D eigenvalue weighted by Gasteiger charge is -2.09. The third-order valence-corrected chi connectivity index (χ3v) is 10.0. The Morgan fingerprint density at radius 3 is 2.09 bits per heavy atom. The van der Waals surface area contributed by atoms with Crippen LogP contribution in [0, 0.1) is 5.82 Å².